The van der Waals surface area contributed by atoms with Crippen LogP contribution in [0.1, 0.15) is 13.8 Å². The molecule has 0 radical (unpaired) electrons. The fraction of sp³-hybridized carbons (Fsp3) is 0.333. The molecule has 1 rings (SSSR count). The monoisotopic (exact) mass is 180 g/mol. The number of rotatable bonds is 2. The van der Waals surface area contributed by atoms with E-state index in [1.807, 2.05) is 19.9 Å². The first-order valence-corrected chi connectivity index (χ1v) is 4.76. The van der Waals surface area contributed by atoms with E-state index >= 15 is 0 Å². The molecule has 0 saturated heterocycles. The first kappa shape index (κ1) is 9.26. The zero-order valence-electron chi connectivity index (χ0n) is 7.37. The van der Waals surface area contributed by atoms with E-state index in [1.165, 1.54) is 0 Å². The highest BCUT2D eigenvalue weighted by Gasteiger charge is 2.08. The van der Waals surface area contributed by atoms with E-state index in [2.05, 4.69) is 16.6 Å². The molecule has 0 unspecified atom stereocenters. The minimum atomic E-state index is 0.897. The topological polar surface area (TPSA) is 24.7 Å². The number of nitrogens with zero attached hydrogens (tertiary/aromatic N) is 2. The first-order valence-electron chi connectivity index (χ1n) is 3.77. The Hall–Kier alpha value is -0.830. The van der Waals surface area contributed by atoms with E-state index in [0.717, 1.165) is 22.3 Å². The number of hydrogen-bond donors (Lipinski definition) is 0. The normalized spacial score (nSPS) is 21.3. The Bertz CT molecular complexity index is 274. The highest BCUT2D eigenvalue weighted by molar-refractivity contribution is 8.14. The molecule has 0 aliphatic carbocycles. The van der Waals surface area contributed by atoms with Gasteiger partial charge in [-0.1, -0.05) is 12.7 Å². The van der Waals surface area contributed by atoms with Crippen molar-refractivity contribution in [3.05, 3.63) is 24.4 Å². The maximum Gasteiger partial charge on any atom is 0.139 e. The van der Waals surface area contributed by atoms with Crippen LogP contribution in [-0.2, 0) is 0 Å². The number of allylic oxidation sites excluding steroid dienone is 3. The average molecular weight is 180 g/mol. The van der Waals surface area contributed by atoms with Crippen molar-refractivity contribution >= 4 is 22.6 Å². The molecule has 0 saturated carbocycles. The molecule has 3 heteroatoms. The van der Waals surface area contributed by atoms with Gasteiger partial charge < -0.3 is 0 Å². The molecule has 0 bridgehead atoms. The summed E-state index contributed by atoms with van der Waals surface area (Å²) in [6.07, 6.45) is 3.61. The van der Waals surface area contributed by atoms with Gasteiger partial charge in [0.2, 0.25) is 0 Å². The van der Waals surface area contributed by atoms with E-state index in [4.69, 9.17) is 0 Å². The van der Waals surface area contributed by atoms with Crippen molar-refractivity contribution in [2.75, 3.05) is 5.75 Å². The summed E-state index contributed by atoms with van der Waals surface area (Å²) in [5.74, 6) is 1.81. The molecular formula is C9H12N2S. The second kappa shape index (κ2) is 4.26. The van der Waals surface area contributed by atoms with Crippen molar-refractivity contribution in [2.24, 2.45) is 9.98 Å². The molecule has 0 amide bonds. The molecule has 1 aliphatic heterocycles. The van der Waals surface area contributed by atoms with Crippen molar-refractivity contribution in [3.8, 4) is 0 Å². The Kier molecular flexibility index (Phi) is 3.29. The molecule has 0 aromatic heterocycles. The Morgan fingerprint density at radius 1 is 1.75 bits per heavy atom. The van der Waals surface area contributed by atoms with Gasteiger partial charge in [0, 0.05) is 5.70 Å². The van der Waals surface area contributed by atoms with Gasteiger partial charge in [0.15, 0.2) is 0 Å². The number of amidine groups is 1. The van der Waals surface area contributed by atoms with Crippen LogP contribution in [0.15, 0.2) is 34.4 Å². The van der Waals surface area contributed by atoms with Gasteiger partial charge >= 0.3 is 0 Å². The summed E-state index contributed by atoms with van der Waals surface area (Å²) in [5.41, 5.74) is 0.957. The molecule has 0 fully saturated rings. The molecule has 1 heterocycles. The maximum atomic E-state index is 4.31. The average Bonchev–Trinajstić information content (AvgIpc) is 2.36. The van der Waals surface area contributed by atoms with E-state index in [1.54, 1.807) is 17.8 Å². The summed E-state index contributed by atoms with van der Waals surface area (Å²) >= 11 is 1.73. The fourth-order valence-corrected chi connectivity index (χ4v) is 1.52. The Morgan fingerprint density at radius 2 is 2.50 bits per heavy atom. The molecule has 0 spiro atoms. The van der Waals surface area contributed by atoms with E-state index in [0.29, 0.717) is 0 Å². The van der Waals surface area contributed by atoms with Gasteiger partial charge in [-0.25, -0.2) is 9.98 Å². The standard InChI is InChI=1S/C9H12N2S/c1-4-5-7(2)10-9-6-12-8(3)11-9/h4-5H,1,6H2,2-3H3/b7-5-,10-9+. The van der Waals surface area contributed by atoms with Crippen molar-refractivity contribution < 1.29 is 0 Å². The van der Waals surface area contributed by atoms with Crippen molar-refractivity contribution in [3.63, 3.8) is 0 Å². The predicted octanol–water partition coefficient (Wildman–Crippen LogP) is 2.64. The number of aliphatic imine (C=N–C) groups is 2. The van der Waals surface area contributed by atoms with Crippen LogP contribution in [0.25, 0.3) is 0 Å². The van der Waals surface area contributed by atoms with Gasteiger partial charge in [0.05, 0.1) is 10.8 Å². The fourth-order valence-electron chi connectivity index (χ4n) is 0.884. The summed E-state index contributed by atoms with van der Waals surface area (Å²) in [6, 6.07) is 0. The van der Waals surface area contributed by atoms with E-state index in [-0.39, 0.29) is 0 Å². The zero-order valence-corrected chi connectivity index (χ0v) is 8.19. The van der Waals surface area contributed by atoms with Gasteiger partial charge in [-0.2, -0.15) is 0 Å². The third-order valence-electron chi connectivity index (χ3n) is 1.36. The molecule has 2 nitrogen and oxygen atoms in total. The van der Waals surface area contributed by atoms with Crippen molar-refractivity contribution in [1.29, 1.82) is 0 Å². The minimum absolute atomic E-state index is 0.897. The smallest absolute Gasteiger partial charge is 0.139 e. The second-order valence-corrected chi connectivity index (χ2v) is 3.66. The van der Waals surface area contributed by atoms with Crippen LogP contribution in [0.4, 0.5) is 0 Å². The lowest BCUT2D eigenvalue weighted by Gasteiger charge is -1.91. The van der Waals surface area contributed by atoms with Gasteiger partial charge in [-0.3, -0.25) is 0 Å². The SMILES string of the molecule is C=C/C=C(C)\N=C1/CSC(C)=N1. The lowest BCUT2D eigenvalue weighted by atomic mass is 10.4. The van der Waals surface area contributed by atoms with Gasteiger partial charge in [-0.05, 0) is 19.9 Å². The number of hydrogen-bond acceptors (Lipinski definition) is 2. The second-order valence-electron chi connectivity index (χ2n) is 2.49. The highest BCUT2D eigenvalue weighted by Crippen LogP contribution is 2.14. The summed E-state index contributed by atoms with van der Waals surface area (Å²) in [6.45, 7) is 7.55. The van der Waals surface area contributed by atoms with Crippen molar-refractivity contribution in [1.82, 2.24) is 0 Å². The quantitative estimate of drug-likeness (QED) is 0.599. The van der Waals surface area contributed by atoms with Gasteiger partial charge in [0.1, 0.15) is 5.84 Å². The minimum Gasteiger partial charge on any atom is -0.237 e. The van der Waals surface area contributed by atoms with Crippen LogP contribution >= 0.6 is 11.8 Å². The summed E-state index contributed by atoms with van der Waals surface area (Å²) in [4.78, 5) is 8.58. The maximum absolute atomic E-state index is 4.31. The Morgan fingerprint density at radius 3 is 3.00 bits per heavy atom. The first-order chi connectivity index (χ1) is 5.72. The molecule has 1 aliphatic rings. The van der Waals surface area contributed by atoms with Gasteiger partial charge in [0.25, 0.3) is 0 Å². The van der Waals surface area contributed by atoms with E-state index in [9.17, 15) is 0 Å². The predicted molar refractivity (Wildman–Crippen MR) is 57.0 cm³/mol. The third kappa shape index (κ3) is 2.66. The summed E-state index contributed by atoms with van der Waals surface area (Å²) in [5, 5.41) is 1.10. The lowest BCUT2D eigenvalue weighted by molar-refractivity contribution is 1.28. The highest BCUT2D eigenvalue weighted by atomic mass is 32.2. The molecule has 0 aromatic carbocycles. The Labute approximate surface area is 77.2 Å². The van der Waals surface area contributed by atoms with Crippen LogP contribution in [0.2, 0.25) is 0 Å². The van der Waals surface area contributed by atoms with Crippen LogP contribution in [-0.4, -0.2) is 16.6 Å². The van der Waals surface area contributed by atoms with Crippen LogP contribution in [0.5, 0.6) is 0 Å². The third-order valence-corrected chi connectivity index (χ3v) is 2.27. The van der Waals surface area contributed by atoms with Crippen LogP contribution in [0.3, 0.4) is 0 Å². The van der Waals surface area contributed by atoms with Gasteiger partial charge in [-0.15, -0.1) is 11.8 Å². The summed E-state index contributed by atoms with van der Waals surface area (Å²) in [7, 11) is 0. The molecule has 0 aromatic rings. The zero-order chi connectivity index (χ0) is 8.97. The number of thioether (sulfide) groups is 1. The molecular weight excluding hydrogens is 168 g/mol. The largest absolute Gasteiger partial charge is 0.237 e. The Balaban J connectivity index is 2.70. The molecule has 64 valence electrons. The van der Waals surface area contributed by atoms with Crippen LogP contribution < -0.4 is 0 Å². The molecule has 12 heavy (non-hydrogen) atoms. The summed E-state index contributed by atoms with van der Waals surface area (Å²) < 4.78 is 0. The molecule has 0 atom stereocenters. The van der Waals surface area contributed by atoms with Crippen LogP contribution in [0, 0.1) is 0 Å². The van der Waals surface area contributed by atoms with E-state index < -0.39 is 0 Å². The molecule has 0 N–H and O–H groups in total. The van der Waals surface area contributed by atoms with Crippen molar-refractivity contribution in [2.45, 2.75) is 13.8 Å². The lowest BCUT2D eigenvalue weighted by Crippen LogP contribution is -1.91.